The van der Waals surface area contributed by atoms with E-state index in [1.807, 2.05) is 60.7 Å². The summed E-state index contributed by atoms with van der Waals surface area (Å²) in [5.41, 5.74) is 2.45. The second kappa shape index (κ2) is 5.05. The Kier molecular flexibility index (Phi) is 3.09. The summed E-state index contributed by atoms with van der Waals surface area (Å²) in [6, 6.07) is 18.7. The molecule has 3 aromatic rings. The number of nitrogens with zero attached hydrogens (tertiary/aromatic N) is 1. The Labute approximate surface area is 116 Å². The highest BCUT2D eigenvalue weighted by Crippen LogP contribution is 2.20. The van der Waals surface area contributed by atoms with Crippen molar-refractivity contribution in [2.24, 2.45) is 0 Å². The molecule has 0 aliphatic heterocycles. The Morgan fingerprint density at radius 3 is 1.50 bits per heavy atom. The van der Waals surface area contributed by atoms with Gasteiger partial charge in [-0.3, -0.25) is 4.79 Å². The van der Waals surface area contributed by atoms with Gasteiger partial charge in [-0.15, -0.1) is 0 Å². The SMILES string of the molecule is O=c1c(-c2ccccc2)cn(O)cc1-c1ccccc1. The van der Waals surface area contributed by atoms with Crippen LogP contribution in [0.3, 0.4) is 0 Å². The molecule has 0 aliphatic carbocycles. The molecule has 0 saturated heterocycles. The topological polar surface area (TPSA) is 42.2 Å². The molecule has 0 fully saturated rings. The minimum absolute atomic E-state index is 0.0901. The molecule has 2 aromatic carbocycles. The summed E-state index contributed by atoms with van der Waals surface area (Å²) in [5.74, 6) is 0. The van der Waals surface area contributed by atoms with Gasteiger partial charge in [-0.25, -0.2) is 4.73 Å². The first-order chi connectivity index (χ1) is 9.75. The van der Waals surface area contributed by atoms with Crippen LogP contribution in [-0.4, -0.2) is 9.94 Å². The van der Waals surface area contributed by atoms with Gasteiger partial charge in [0, 0.05) is 11.1 Å². The van der Waals surface area contributed by atoms with Crippen LogP contribution in [-0.2, 0) is 0 Å². The smallest absolute Gasteiger partial charge is 0.197 e. The number of aromatic nitrogens is 1. The lowest BCUT2D eigenvalue weighted by Crippen LogP contribution is -2.11. The largest absolute Gasteiger partial charge is 0.429 e. The zero-order valence-corrected chi connectivity index (χ0v) is 10.7. The van der Waals surface area contributed by atoms with Crippen molar-refractivity contribution < 1.29 is 5.21 Å². The van der Waals surface area contributed by atoms with Crippen molar-refractivity contribution in [3.8, 4) is 22.3 Å². The van der Waals surface area contributed by atoms with E-state index in [2.05, 4.69) is 0 Å². The lowest BCUT2D eigenvalue weighted by molar-refractivity contribution is 0.185. The fraction of sp³-hybridized carbons (Fsp3) is 0. The third kappa shape index (κ3) is 2.21. The maximum atomic E-state index is 12.6. The van der Waals surface area contributed by atoms with Gasteiger partial charge in [0.05, 0.1) is 12.4 Å². The fourth-order valence-corrected chi connectivity index (χ4v) is 2.21. The van der Waals surface area contributed by atoms with Crippen LogP contribution < -0.4 is 5.43 Å². The molecule has 0 atom stereocenters. The molecular formula is C17H13NO2. The second-order valence-electron chi connectivity index (χ2n) is 4.53. The molecule has 0 spiro atoms. The van der Waals surface area contributed by atoms with E-state index in [0.29, 0.717) is 11.1 Å². The molecule has 0 unspecified atom stereocenters. The zero-order valence-electron chi connectivity index (χ0n) is 10.7. The third-order valence-corrected chi connectivity index (χ3v) is 3.18. The molecule has 1 aromatic heterocycles. The summed E-state index contributed by atoms with van der Waals surface area (Å²) in [6.07, 6.45) is 2.87. The van der Waals surface area contributed by atoms with Crippen molar-refractivity contribution in [2.45, 2.75) is 0 Å². The third-order valence-electron chi connectivity index (χ3n) is 3.18. The predicted molar refractivity (Wildman–Crippen MR) is 78.8 cm³/mol. The van der Waals surface area contributed by atoms with Gasteiger partial charge >= 0.3 is 0 Å². The van der Waals surface area contributed by atoms with E-state index in [1.54, 1.807) is 0 Å². The maximum Gasteiger partial charge on any atom is 0.197 e. The highest BCUT2D eigenvalue weighted by atomic mass is 16.5. The molecule has 3 rings (SSSR count). The molecule has 0 aliphatic rings. The van der Waals surface area contributed by atoms with Crippen LogP contribution >= 0.6 is 0 Å². The van der Waals surface area contributed by atoms with Crippen molar-refractivity contribution in [2.75, 3.05) is 0 Å². The van der Waals surface area contributed by atoms with Crippen LogP contribution in [0.15, 0.2) is 77.9 Å². The van der Waals surface area contributed by atoms with Gasteiger partial charge in [-0.05, 0) is 11.1 Å². The van der Waals surface area contributed by atoms with Gasteiger partial charge < -0.3 is 5.21 Å². The van der Waals surface area contributed by atoms with E-state index >= 15 is 0 Å². The first-order valence-electron chi connectivity index (χ1n) is 6.32. The molecule has 20 heavy (non-hydrogen) atoms. The second-order valence-corrected chi connectivity index (χ2v) is 4.53. The lowest BCUT2D eigenvalue weighted by atomic mass is 10.0. The van der Waals surface area contributed by atoms with Crippen LogP contribution in [0, 0.1) is 0 Å². The van der Waals surface area contributed by atoms with E-state index in [1.165, 1.54) is 12.4 Å². The molecule has 0 radical (unpaired) electrons. The van der Waals surface area contributed by atoms with E-state index in [4.69, 9.17) is 0 Å². The van der Waals surface area contributed by atoms with E-state index < -0.39 is 0 Å². The van der Waals surface area contributed by atoms with E-state index in [-0.39, 0.29) is 5.43 Å². The quantitative estimate of drug-likeness (QED) is 0.720. The van der Waals surface area contributed by atoms with Gasteiger partial charge in [-0.2, -0.15) is 0 Å². The summed E-state index contributed by atoms with van der Waals surface area (Å²) >= 11 is 0. The molecule has 3 nitrogen and oxygen atoms in total. The molecule has 1 N–H and O–H groups in total. The standard InChI is InChI=1S/C17H13NO2/c19-17-15(13-7-3-1-4-8-13)11-18(20)12-16(17)14-9-5-2-6-10-14/h1-12,20H. The Hall–Kier alpha value is -2.81. The van der Waals surface area contributed by atoms with Crippen LogP contribution in [0.4, 0.5) is 0 Å². The van der Waals surface area contributed by atoms with Gasteiger partial charge in [-0.1, -0.05) is 60.7 Å². The molecular weight excluding hydrogens is 250 g/mol. The number of pyridine rings is 1. The molecule has 0 bridgehead atoms. The fourth-order valence-electron chi connectivity index (χ4n) is 2.21. The molecule has 1 heterocycles. The number of hydrogen-bond acceptors (Lipinski definition) is 2. The van der Waals surface area contributed by atoms with Crippen molar-refractivity contribution in [1.29, 1.82) is 0 Å². The predicted octanol–water partition coefficient (Wildman–Crippen LogP) is 3.42. The van der Waals surface area contributed by atoms with Crippen LogP contribution in [0.5, 0.6) is 0 Å². The van der Waals surface area contributed by atoms with Gasteiger partial charge in [0.25, 0.3) is 0 Å². The average Bonchev–Trinajstić information content (AvgIpc) is 2.51. The summed E-state index contributed by atoms with van der Waals surface area (Å²) in [4.78, 5) is 12.6. The molecule has 0 saturated carbocycles. The summed E-state index contributed by atoms with van der Waals surface area (Å²) in [6.45, 7) is 0. The Bertz CT molecular complexity index is 713. The van der Waals surface area contributed by atoms with E-state index in [9.17, 15) is 10.0 Å². The average molecular weight is 263 g/mol. The van der Waals surface area contributed by atoms with Crippen molar-refractivity contribution >= 4 is 0 Å². The highest BCUT2D eigenvalue weighted by Gasteiger charge is 2.10. The zero-order chi connectivity index (χ0) is 13.9. The van der Waals surface area contributed by atoms with E-state index in [0.717, 1.165) is 15.9 Å². The van der Waals surface area contributed by atoms with Crippen molar-refractivity contribution in [3.63, 3.8) is 0 Å². The summed E-state index contributed by atoms with van der Waals surface area (Å²) in [5, 5.41) is 9.82. The maximum absolute atomic E-state index is 12.6. The highest BCUT2D eigenvalue weighted by molar-refractivity contribution is 5.71. The number of benzene rings is 2. The Morgan fingerprint density at radius 1 is 0.700 bits per heavy atom. The van der Waals surface area contributed by atoms with Crippen LogP contribution in [0.25, 0.3) is 22.3 Å². The molecule has 98 valence electrons. The summed E-state index contributed by atoms with van der Waals surface area (Å²) < 4.78 is 0.937. The van der Waals surface area contributed by atoms with Crippen molar-refractivity contribution in [3.05, 3.63) is 83.3 Å². The normalized spacial score (nSPS) is 10.4. The van der Waals surface area contributed by atoms with Crippen molar-refractivity contribution in [1.82, 2.24) is 4.73 Å². The Morgan fingerprint density at radius 2 is 1.10 bits per heavy atom. The monoisotopic (exact) mass is 263 g/mol. The van der Waals surface area contributed by atoms with Gasteiger partial charge in [0.2, 0.25) is 0 Å². The first-order valence-corrected chi connectivity index (χ1v) is 6.32. The minimum Gasteiger partial charge on any atom is -0.429 e. The Balaban J connectivity index is 2.25. The van der Waals surface area contributed by atoms with Crippen LogP contribution in [0.2, 0.25) is 0 Å². The molecule has 0 amide bonds. The lowest BCUT2D eigenvalue weighted by Gasteiger charge is -2.07. The minimum atomic E-state index is -0.0901. The molecule has 3 heteroatoms. The number of hydrogen-bond donors (Lipinski definition) is 1. The van der Waals surface area contributed by atoms with Crippen LogP contribution in [0.1, 0.15) is 0 Å². The first kappa shape index (κ1) is 12.2. The number of rotatable bonds is 2. The summed E-state index contributed by atoms with van der Waals surface area (Å²) in [7, 11) is 0. The van der Waals surface area contributed by atoms with Gasteiger partial charge in [0.15, 0.2) is 5.43 Å². The van der Waals surface area contributed by atoms with Gasteiger partial charge in [0.1, 0.15) is 0 Å².